The zero-order valence-corrected chi connectivity index (χ0v) is 10.1. The van der Waals surface area contributed by atoms with Gasteiger partial charge in [-0.05, 0) is 44.6 Å². The predicted molar refractivity (Wildman–Crippen MR) is 65.1 cm³/mol. The molecule has 3 heteroatoms. The van der Waals surface area contributed by atoms with Gasteiger partial charge in [0.25, 0.3) is 0 Å². The summed E-state index contributed by atoms with van der Waals surface area (Å²) in [6, 6.07) is 0.135. The summed E-state index contributed by atoms with van der Waals surface area (Å²) in [5.41, 5.74) is 0. The number of likely N-dealkylation sites (N-methyl/N-ethyl adjacent to an activating group) is 1. The summed E-state index contributed by atoms with van der Waals surface area (Å²) in [6.07, 6.45) is 10.5. The quantitative estimate of drug-likeness (QED) is 0.735. The minimum absolute atomic E-state index is 0.135. The van der Waals surface area contributed by atoms with Crippen LogP contribution in [0.2, 0.25) is 0 Å². The molecular weight excluding hydrogens is 200 g/mol. The molecule has 3 nitrogen and oxygen atoms in total. The lowest BCUT2D eigenvalue weighted by atomic mass is 9.94. The Morgan fingerprint density at radius 1 is 1.44 bits per heavy atom. The SMILES string of the molecule is CNC(=O)[C@H]1CCCN1C[C@H]1CC=CCC1. The van der Waals surface area contributed by atoms with E-state index in [4.69, 9.17) is 0 Å². The van der Waals surface area contributed by atoms with E-state index in [2.05, 4.69) is 22.4 Å². The molecule has 1 fully saturated rings. The van der Waals surface area contributed by atoms with Crippen LogP contribution in [0.25, 0.3) is 0 Å². The van der Waals surface area contributed by atoms with E-state index in [0.29, 0.717) is 0 Å². The molecule has 2 atom stereocenters. The van der Waals surface area contributed by atoms with Gasteiger partial charge < -0.3 is 5.32 Å². The maximum atomic E-state index is 11.7. The van der Waals surface area contributed by atoms with Crippen LogP contribution in [0.5, 0.6) is 0 Å². The van der Waals surface area contributed by atoms with Crippen LogP contribution in [-0.2, 0) is 4.79 Å². The first-order chi connectivity index (χ1) is 7.81. The first kappa shape index (κ1) is 11.6. The molecule has 0 aromatic heterocycles. The van der Waals surface area contributed by atoms with E-state index in [0.717, 1.165) is 25.4 Å². The van der Waals surface area contributed by atoms with Crippen molar-refractivity contribution in [1.29, 1.82) is 0 Å². The third kappa shape index (κ3) is 2.64. The van der Waals surface area contributed by atoms with E-state index in [-0.39, 0.29) is 11.9 Å². The average molecular weight is 222 g/mol. The Balaban J connectivity index is 1.88. The number of likely N-dealkylation sites (tertiary alicyclic amines) is 1. The van der Waals surface area contributed by atoms with Crippen molar-refractivity contribution in [1.82, 2.24) is 10.2 Å². The van der Waals surface area contributed by atoms with E-state index in [1.807, 2.05) is 0 Å². The fraction of sp³-hybridized carbons (Fsp3) is 0.769. The molecule has 1 aliphatic carbocycles. The van der Waals surface area contributed by atoms with Gasteiger partial charge in [-0.25, -0.2) is 0 Å². The number of nitrogens with one attached hydrogen (secondary N) is 1. The van der Waals surface area contributed by atoms with E-state index in [9.17, 15) is 4.79 Å². The van der Waals surface area contributed by atoms with Crippen LogP contribution in [0.1, 0.15) is 32.1 Å². The highest BCUT2D eigenvalue weighted by Gasteiger charge is 2.31. The van der Waals surface area contributed by atoms with Gasteiger partial charge in [0, 0.05) is 13.6 Å². The highest BCUT2D eigenvalue weighted by molar-refractivity contribution is 5.81. The molecule has 0 spiro atoms. The summed E-state index contributed by atoms with van der Waals surface area (Å²) in [7, 11) is 1.74. The van der Waals surface area contributed by atoms with Crippen molar-refractivity contribution in [2.75, 3.05) is 20.1 Å². The molecule has 1 heterocycles. The molecule has 0 unspecified atom stereocenters. The van der Waals surface area contributed by atoms with Crippen LogP contribution < -0.4 is 5.32 Å². The zero-order valence-electron chi connectivity index (χ0n) is 10.1. The van der Waals surface area contributed by atoms with E-state index >= 15 is 0 Å². The lowest BCUT2D eigenvalue weighted by Crippen LogP contribution is -2.43. The summed E-state index contributed by atoms with van der Waals surface area (Å²) in [5.74, 6) is 0.958. The Morgan fingerprint density at radius 3 is 3.00 bits per heavy atom. The first-order valence-electron chi connectivity index (χ1n) is 6.42. The smallest absolute Gasteiger partial charge is 0.237 e. The highest BCUT2D eigenvalue weighted by atomic mass is 16.2. The molecule has 0 saturated carbocycles. The average Bonchev–Trinajstić information content (AvgIpc) is 2.77. The van der Waals surface area contributed by atoms with Crippen molar-refractivity contribution in [3.8, 4) is 0 Å². The molecule has 0 aromatic carbocycles. The Bertz CT molecular complexity index is 275. The van der Waals surface area contributed by atoms with E-state index < -0.39 is 0 Å². The van der Waals surface area contributed by atoms with Gasteiger partial charge in [-0.15, -0.1) is 0 Å². The normalized spacial score (nSPS) is 30.6. The molecule has 16 heavy (non-hydrogen) atoms. The summed E-state index contributed by atoms with van der Waals surface area (Å²) in [4.78, 5) is 14.1. The third-order valence-electron chi connectivity index (χ3n) is 3.78. The minimum atomic E-state index is 0.135. The van der Waals surface area contributed by atoms with Gasteiger partial charge >= 0.3 is 0 Å². The fourth-order valence-electron chi connectivity index (χ4n) is 2.86. The van der Waals surface area contributed by atoms with Crippen LogP contribution in [0.4, 0.5) is 0 Å². The van der Waals surface area contributed by atoms with Crippen LogP contribution in [0.15, 0.2) is 12.2 Å². The molecule has 90 valence electrons. The van der Waals surface area contributed by atoms with Gasteiger partial charge in [-0.1, -0.05) is 12.2 Å². The monoisotopic (exact) mass is 222 g/mol. The van der Waals surface area contributed by atoms with Gasteiger partial charge in [0.05, 0.1) is 6.04 Å². The maximum Gasteiger partial charge on any atom is 0.237 e. The molecule has 1 N–H and O–H groups in total. The second-order valence-electron chi connectivity index (χ2n) is 4.92. The maximum absolute atomic E-state index is 11.7. The first-order valence-corrected chi connectivity index (χ1v) is 6.42. The van der Waals surface area contributed by atoms with Crippen LogP contribution >= 0.6 is 0 Å². The van der Waals surface area contributed by atoms with E-state index in [1.54, 1.807) is 7.05 Å². The largest absolute Gasteiger partial charge is 0.358 e. The minimum Gasteiger partial charge on any atom is -0.358 e. The second-order valence-corrected chi connectivity index (χ2v) is 4.92. The molecule has 2 aliphatic rings. The van der Waals surface area contributed by atoms with Gasteiger partial charge in [0.2, 0.25) is 5.91 Å². The molecule has 1 saturated heterocycles. The standard InChI is InChI=1S/C13H22N2O/c1-14-13(16)12-8-5-9-15(12)10-11-6-3-2-4-7-11/h2-3,11-12H,4-10H2,1H3,(H,14,16)/t11-,12+/m0/s1. The Labute approximate surface area is 97.9 Å². The third-order valence-corrected chi connectivity index (χ3v) is 3.78. The number of rotatable bonds is 3. The van der Waals surface area contributed by atoms with Gasteiger partial charge in [-0.3, -0.25) is 9.69 Å². The lowest BCUT2D eigenvalue weighted by Gasteiger charge is -2.28. The van der Waals surface area contributed by atoms with Gasteiger partial charge in [0.1, 0.15) is 0 Å². The lowest BCUT2D eigenvalue weighted by molar-refractivity contribution is -0.125. The number of hydrogen-bond donors (Lipinski definition) is 1. The van der Waals surface area contributed by atoms with Gasteiger partial charge in [-0.2, -0.15) is 0 Å². The van der Waals surface area contributed by atoms with Crippen molar-refractivity contribution < 1.29 is 4.79 Å². The van der Waals surface area contributed by atoms with Crippen molar-refractivity contribution >= 4 is 5.91 Å². The summed E-state index contributed by atoms with van der Waals surface area (Å²) in [6.45, 7) is 2.20. The number of nitrogens with zero attached hydrogens (tertiary/aromatic N) is 1. The predicted octanol–water partition coefficient (Wildman–Crippen LogP) is 1.55. The molecule has 0 bridgehead atoms. The number of carbonyl (C=O) groups is 1. The Hall–Kier alpha value is -0.830. The number of hydrogen-bond acceptors (Lipinski definition) is 2. The molecule has 1 aliphatic heterocycles. The summed E-state index contributed by atoms with van der Waals surface area (Å²) < 4.78 is 0. The topological polar surface area (TPSA) is 32.3 Å². The number of carbonyl (C=O) groups excluding carboxylic acids is 1. The fourth-order valence-corrected chi connectivity index (χ4v) is 2.86. The zero-order chi connectivity index (χ0) is 11.4. The van der Waals surface area contributed by atoms with E-state index in [1.165, 1.54) is 25.7 Å². The number of allylic oxidation sites excluding steroid dienone is 2. The van der Waals surface area contributed by atoms with Crippen LogP contribution in [0, 0.1) is 5.92 Å². The van der Waals surface area contributed by atoms with Crippen molar-refractivity contribution in [2.45, 2.75) is 38.1 Å². The Morgan fingerprint density at radius 2 is 2.31 bits per heavy atom. The Kier molecular flexibility index (Phi) is 3.99. The molecule has 0 aromatic rings. The molecular formula is C13H22N2O. The van der Waals surface area contributed by atoms with Crippen molar-refractivity contribution in [3.05, 3.63) is 12.2 Å². The van der Waals surface area contributed by atoms with Crippen molar-refractivity contribution in [2.24, 2.45) is 5.92 Å². The van der Waals surface area contributed by atoms with Gasteiger partial charge in [0.15, 0.2) is 0 Å². The highest BCUT2D eigenvalue weighted by Crippen LogP contribution is 2.24. The molecule has 0 radical (unpaired) electrons. The van der Waals surface area contributed by atoms with Crippen LogP contribution in [0.3, 0.4) is 0 Å². The van der Waals surface area contributed by atoms with Crippen LogP contribution in [-0.4, -0.2) is 37.0 Å². The summed E-state index contributed by atoms with van der Waals surface area (Å²) in [5, 5.41) is 2.78. The molecule has 2 rings (SSSR count). The molecule has 1 amide bonds. The summed E-state index contributed by atoms with van der Waals surface area (Å²) >= 11 is 0. The second kappa shape index (κ2) is 5.48. The number of amides is 1. The van der Waals surface area contributed by atoms with Crippen molar-refractivity contribution in [3.63, 3.8) is 0 Å².